The van der Waals surface area contributed by atoms with Crippen molar-refractivity contribution in [1.82, 2.24) is 19.9 Å². The van der Waals surface area contributed by atoms with Gasteiger partial charge in [0.2, 0.25) is 0 Å². The second-order valence-corrected chi connectivity index (χ2v) is 14.7. The fourth-order valence-electron chi connectivity index (χ4n) is 7.94. The van der Waals surface area contributed by atoms with Crippen LogP contribution < -0.4 is 0 Å². The number of benzene rings is 8. The molecular formula is C54H34N4. The summed E-state index contributed by atoms with van der Waals surface area (Å²) in [6, 6.07) is 72.2. The lowest BCUT2D eigenvalue weighted by Gasteiger charge is -2.14. The van der Waals surface area contributed by atoms with Crippen LogP contribution in [0, 0.1) is 0 Å². The zero-order valence-corrected chi connectivity index (χ0v) is 31.4. The summed E-state index contributed by atoms with van der Waals surface area (Å²) in [7, 11) is 0. The minimum Gasteiger partial charge on any atom is -0.248 e. The van der Waals surface area contributed by atoms with Crippen molar-refractivity contribution in [2.45, 2.75) is 0 Å². The van der Waals surface area contributed by atoms with E-state index in [1.165, 1.54) is 27.1 Å². The molecule has 0 aliphatic heterocycles. The monoisotopic (exact) mass is 738 g/mol. The summed E-state index contributed by atoms with van der Waals surface area (Å²) in [6.45, 7) is 0. The van der Waals surface area contributed by atoms with Gasteiger partial charge < -0.3 is 0 Å². The Balaban J connectivity index is 1.10. The number of nitrogens with zero attached hydrogens (tertiary/aromatic N) is 4. The Morgan fingerprint density at radius 1 is 0.207 bits per heavy atom. The highest BCUT2D eigenvalue weighted by atomic mass is 14.9. The molecule has 0 bridgehead atoms. The largest absolute Gasteiger partial charge is 0.248 e. The highest BCUT2D eigenvalue weighted by Crippen LogP contribution is 2.36. The Kier molecular flexibility index (Phi) is 8.11. The molecule has 4 nitrogen and oxygen atoms in total. The third-order valence-corrected chi connectivity index (χ3v) is 11.0. The van der Waals surface area contributed by atoms with Crippen molar-refractivity contribution in [2.24, 2.45) is 0 Å². The van der Waals surface area contributed by atoms with Crippen LogP contribution in [0.4, 0.5) is 0 Å². The van der Waals surface area contributed by atoms with Gasteiger partial charge in [-0.1, -0.05) is 146 Å². The topological polar surface area (TPSA) is 51.6 Å². The smallest absolute Gasteiger partial charge is 0.160 e. The van der Waals surface area contributed by atoms with Gasteiger partial charge in [-0.3, -0.25) is 0 Å². The van der Waals surface area contributed by atoms with Crippen LogP contribution in [0.25, 0.3) is 111 Å². The van der Waals surface area contributed by atoms with Gasteiger partial charge >= 0.3 is 0 Å². The Bertz CT molecular complexity index is 3190. The standard InChI is InChI=1S/C54H34N4/c1-3-11-35(12-4-1)36-19-21-38(22-20-36)54-57-52(37-13-5-2-6-14-37)34-53(58-54)47-30-45(48-25-23-43-27-39-15-7-9-17-41(39)32-50(43)55-48)29-46(31-47)49-26-24-44-28-40-16-8-10-18-42(40)33-51(44)56-49/h1-34H. The van der Waals surface area contributed by atoms with E-state index in [1.54, 1.807) is 0 Å². The molecule has 0 aliphatic carbocycles. The van der Waals surface area contributed by atoms with Crippen LogP contribution in [-0.4, -0.2) is 19.9 Å². The van der Waals surface area contributed by atoms with Gasteiger partial charge in [0.1, 0.15) is 0 Å². The summed E-state index contributed by atoms with van der Waals surface area (Å²) in [6.07, 6.45) is 0. The van der Waals surface area contributed by atoms with Crippen LogP contribution >= 0.6 is 0 Å². The molecule has 0 amide bonds. The summed E-state index contributed by atoms with van der Waals surface area (Å²) in [4.78, 5) is 21.0. The van der Waals surface area contributed by atoms with Crippen molar-refractivity contribution in [2.75, 3.05) is 0 Å². The fourth-order valence-corrected chi connectivity index (χ4v) is 7.94. The Hall–Kier alpha value is -7.82. The minimum absolute atomic E-state index is 0.661. The molecule has 0 fully saturated rings. The number of hydrogen-bond donors (Lipinski definition) is 0. The van der Waals surface area contributed by atoms with Crippen molar-refractivity contribution in [3.8, 4) is 67.5 Å². The molecular weight excluding hydrogens is 705 g/mol. The summed E-state index contributed by atoms with van der Waals surface area (Å²) in [5.74, 6) is 0.661. The highest BCUT2D eigenvalue weighted by molar-refractivity contribution is 5.99. The number of pyridine rings is 2. The van der Waals surface area contributed by atoms with Gasteiger partial charge in [-0.05, 0) is 93.3 Å². The first kappa shape index (κ1) is 33.5. The van der Waals surface area contributed by atoms with Crippen LogP contribution in [0.2, 0.25) is 0 Å². The van der Waals surface area contributed by atoms with Gasteiger partial charge in [0, 0.05) is 38.6 Å². The molecule has 3 heterocycles. The third-order valence-electron chi connectivity index (χ3n) is 11.0. The van der Waals surface area contributed by atoms with E-state index < -0.39 is 0 Å². The molecule has 0 spiro atoms. The van der Waals surface area contributed by atoms with Gasteiger partial charge in [0.25, 0.3) is 0 Å². The second kappa shape index (κ2) is 14.0. The van der Waals surface area contributed by atoms with E-state index in [1.807, 2.05) is 24.3 Å². The Morgan fingerprint density at radius 2 is 0.603 bits per heavy atom. The van der Waals surface area contributed by atoms with E-state index in [4.69, 9.17) is 19.9 Å². The van der Waals surface area contributed by atoms with E-state index in [9.17, 15) is 0 Å². The number of fused-ring (bicyclic) bond motifs is 4. The van der Waals surface area contributed by atoms with Gasteiger partial charge in [-0.2, -0.15) is 0 Å². The maximum absolute atomic E-state index is 5.29. The van der Waals surface area contributed by atoms with E-state index in [0.717, 1.165) is 78.0 Å². The molecule has 4 heteroatoms. The predicted molar refractivity (Wildman–Crippen MR) is 240 cm³/mol. The zero-order chi connectivity index (χ0) is 38.4. The quantitative estimate of drug-likeness (QED) is 0.159. The SMILES string of the molecule is c1ccc(-c2ccc(-c3nc(-c4ccccc4)cc(-c4cc(-c5ccc6cc7ccccc7cc6n5)cc(-c5ccc6cc7ccccc7cc6n5)c4)n3)cc2)cc1. The zero-order valence-electron chi connectivity index (χ0n) is 31.4. The van der Waals surface area contributed by atoms with Crippen molar-refractivity contribution in [3.05, 3.63) is 206 Å². The van der Waals surface area contributed by atoms with Crippen molar-refractivity contribution >= 4 is 43.4 Å². The average Bonchev–Trinajstić information content (AvgIpc) is 3.30. The van der Waals surface area contributed by atoms with Crippen LogP contribution in [0.1, 0.15) is 0 Å². The molecule has 58 heavy (non-hydrogen) atoms. The molecule has 0 radical (unpaired) electrons. The molecule has 0 N–H and O–H groups in total. The summed E-state index contributed by atoms with van der Waals surface area (Å²) in [5, 5.41) is 6.95. The third kappa shape index (κ3) is 6.33. The van der Waals surface area contributed by atoms with Crippen LogP contribution in [0.15, 0.2) is 206 Å². The normalized spacial score (nSPS) is 11.4. The lowest BCUT2D eigenvalue weighted by atomic mass is 9.97. The number of hydrogen-bond acceptors (Lipinski definition) is 4. The molecule has 0 saturated heterocycles. The van der Waals surface area contributed by atoms with Crippen LogP contribution in [-0.2, 0) is 0 Å². The molecule has 0 aliphatic rings. The minimum atomic E-state index is 0.661. The van der Waals surface area contributed by atoms with Crippen molar-refractivity contribution < 1.29 is 0 Å². The van der Waals surface area contributed by atoms with Gasteiger partial charge in [0.05, 0.1) is 33.8 Å². The molecule has 0 saturated carbocycles. The first-order chi connectivity index (χ1) is 28.7. The maximum Gasteiger partial charge on any atom is 0.160 e. The maximum atomic E-state index is 5.29. The van der Waals surface area contributed by atoms with Crippen LogP contribution in [0.5, 0.6) is 0 Å². The first-order valence-electron chi connectivity index (χ1n) is 19.5. The Labute approximate surface area is 335 Å². The summed E-state index contributed by atoms with van der Waals surface area (Å²) < 4.78 is 0. The van der Waals surface area contributed by atoms with E-state index in [2.05, 4.69) is 182 Å². The Morgan fingerprint density at radius 3 is 1.12 bits per heavy atom. The predicted octanol–water partition coefficient (Wildman–Crippen LogP) is 13.9. The van der Waals surface area contributed by atoms with E-state index in [0.29, 0.717) is 5.82 Å². The van der Waals surface area contributed by atoms with Crippen molar-refractivity contribution in [1.29, 1.82) is 0 Å². The van der Waals surface area contributed by atoms with E-state index >= 15 is 0 Å². The summed E-state index contributed by atoms with van der Waals surface area (Å²) >= 11 is 0. The number of rotatable bonds is 6. The molecule has 11 aromatic rings. The molecule has 8 aromatic carbocycles. The molecule has 0 unspecified atom stereocenters. The highest BCUT2D eigenvalue weighted by Gasteiger charge is 2.16. The molecule has 11 rings (SSSR count). The molecule has 0 atom stereocenters. The molecule has 270 valence electrons. The van der Waals surface area contributed by atoms with Gasteiger partial charge in [0.15, 0.2) is 5.82 Å². The van der Waals surface area contributed by atoms with E-state index in [-0.39, 0.29) is 0 Å². The van der Waals surface area contributed by atoms with Crippen molar-refractivity contribution in [3.63, 3.8) is 0 Å². The van der Waals surface area contributed by atoms with Crippen LogP contribution in [0.3, 0.4) is 0 Å². The molecule has 3 aromatic heterocycles. The van der Waals surface area contributed by atoms with Gasteiger partial charge in [-0.15, -0.1) is 0 Å². The second-order valence-electron chi connectivity index (χ2n) is 14.7. The first-order valence-corrected chi connectivity index (χ1v) is 19.5. The number of aromatic nitrogens is 4. The fraction of sp³-hybridized carbons (Fsp3) is 0. The van der Waals surface area contributed by atoms with Gasteiger partial charge in [-0.25, -0.2) is 19.9 Å². The summed E-state index contributed by atoms with van der Waals surface area (Å²) in [5.41, 5.74) is 12.5. The average molecular weight is 739 g/mol. The lowest BCUT2D eigenvalue weighted by Crippen LogP contribution is -1.97. The lowest BCUT2D eigenvalue weighted by molar-refractivity contribution is 1.18.